The van der Waals surface area contributed by atoms with Crippen molar-refractivity contribution in [3.05, 3.63) is 90.0 Å². The third kappa shape index (κ3) is 7.96. The van der Waals surface area contributed by atoms with Gasteiger partial charge in [0.05, 0.1) is 55.3 Å². The average molecular weight is 632 g/mol. The van der Waals surface area contributed by atoms with Gasteiger partial charge in [-0.1, -0.05) is 41.4 Å². The Morgan fingerprint density at radius 1 is 0.689 bits per heavy atom. The zero-order chi connectivity index (χ0) is 31.6. The van der Waals surface area contributed by atoms with Crippen LogP contribution in [0.2, 0.25) is 0 Å². The summed E-state index contributed by atoms with van der Waals surface area (Å²) in [5, 5.41) is 36.4. The second kappa shape index (κ2) is 15.5. The molecule has 0 radical (unpaired) electrons. The number of phenolic OH excluding ortho intramolecular Hbond substituents is 1. The predicted octanol–water partition coefficient (Wildman–Crippen LogP) is 8.78. The monoisotopic (exact) mass is 631 g/mol. The van der Waals surface area contributed by atoms with Crippen molar-refractivity contribution in [2.75, 3.05) is 27.1 Å². The molecule has 232 valence electrons. The summed E-state index contributed by atoms with van der Waals surface area (Å²) in [5.41, 5.74) is 10.0. The van der Waals surface area contributed by atoms with E-state index >= 15 is 0 Å². The number of benzene rings is 5. The molecule has 0 bridgehead atoms. The summed E-state index contributed by atoms with van der Waals surface area (Å²) in [5.74, 6) is -0.116. The first kappa shape index (κ1) is 31.9. The summed E-state index contributed by atoms with van der Waals surface area (Å²) in [6, 6.07) is 23.7. The number of aromatic hydroxyl groups is 1. The number of phenols is 1. The standard InChI is InChI=1S/C31H29N5O8S/c1-38-41-17-19-12-20(18-42-39-2)14-23(13-19)33-34-27-10-11-28(25-7-5-4-6-24(25)27)35-36-30-29(45-44-43-40-3)15-21-8-9-22(32)16-26(21)31(30)37/h4-16,37H,17-18,32H2,1-3H3. The fourth-order valence-corrected chi connectivity index (χ4v) is 5.02. The molecular formula is C31H29N5O8S. The highest BCUT2D eigenvalue weighted by Gasteiger charge is 2.16. The Morgan fingerprint density at radius 2 is 1.33 bits per heavy atom. The molecule has 3 N–H and O–H groups in total. The highest BCUT2D eigenvalue weighted by molar-refractivity contribution is 7.94. The summed E-state index contributed by atoms with van der Waals surface area (Å²) in [7, 11) is 4.19. The summed E-state index contributed by atoms with van der Waals surface area (Å²) in [6.45, 7) is 0.433. The summed E-state index contributed by atoms with van der Waals surface area (Å²) < 4.78 is 5.00. The van der Waals surface area contributed by atoms with Crippen LogP contribution < -0.4 is 5.73 Å². The van der Waals surface area contributed by atoms with Gasteiger partial charge >= 0.3 is 0 Å². The molecule has 0 aliphatic rings. The molecule has 0 saturated heterocycles. The Morgan fingerprint density at radius 3 is 1.96 bits per heavy atom. The number of nitrogens with two attached hydrogens (primary N) is 1. The minimum absolute atomic E-state index is 0.116. The molecule has 0 heterocycles. The highest BCUT2D eigenvalue weighted by atomic mass is 32.2. The lowest BCUT2D eigenvalue weighted by atomic mass is 10.1. The normalized spacial score (nSPS) is 11.9. The van der Waals surface area contributed by atoms with Gasteiger partial charge < -0.3 is 10.8 Å². The fourth-order valence-electron chi connectivity index (χ4n) is 4.48. The van der Waals surface area contributed by atoms with E-state index in [0.29, 0.717) is 33.0 Å². The van der Waals surface area contributed by atoms with E-state index in [9.17, 15) is 5.11 Å². The molecule has 0 amide bonds. The van der Waals surface area contributed by atoms with Crippen molar-refractivity contribution >= 4 is 62.0 Å². The maximum absolute atomic E-state index is 11.2. The maximum atomic E-state index is 11.2. The van der Waals surface area contributed by atoms with Gasteiger partial charge in [-0.05, 0) is 59.0 Å². The van der Waals surface area contributed by atoms with Gasteiger partial charge in [-0.2, -0.15) is 5.11 Å². The number of hydrogen-bond donors (Lipinski definition) is 2. The van der Waals surface area contributed by atoms with Gasteiger partial charge in [0.15, 0.2) is 5.75 Å². The van der Waals surface area contributed by atoms with E-state index in [-0.39, 0.29) is 24.7 Å². The number of rotatable bonds is 14. The molecule has 13 nitrogen and oxygen atoms in total. The van der Waals surface area contributed by atoms with Gasteiger partial charge in [0.1, 0.15) is 18.9 Å². The van der Waals surface area contributed by atoms with Crippen LogP contribution in [0.15, 0.2) is 104 Å². The first-order chi connectivity index (χ1) is 22.0. The second-order valence-electron chi connectivity index (χ2n) is 9.35. The van der Waals surface area contributed by atoms with Crippen LogP contribution in [-0.4, -0.2) is 26.4 Å². The molecule has 0 aliphatic heterocycles. The lowest BCUT2D eigenvalue weighted by Gasteiger charge is -2.10. The number of anilines is 1. The minimum atomic E-state index is -0.116. The first-order valence-corrected chi connectivity index (χ1v) is 14.1. The van der Waals surface area contributed by atoms with Crippen molar-refractivity contribution in [2.45, 2.75) is 18.1 Å². The summed E-state index contributed by atoms with van der Waals surface area (Å²) in [6.07, 6.45) is 0. The predicted molar refractivity (Wildman–Crippen MR) is 167 cm³/mol. The molecule has 0 spiro atoms. The van der Waals surface area contributed by atoms with E-state index in [0.717, 1.165) is 39.3 Å². The third-order valence-electron chi connectivity index (χ3n) is 6.43. The van der Waals surface area contributed by atoms with Crippen LogP contribution in [0.1, 0.15) is 11.1 Å². The number of nitrogens with zero attached hydrogens (tertiary/aromatic N) is 4. The van der Waals surface area contributed by atoms with Crippen LogP contribution in [0.4, 0.5) is 28.4 Å². The fraction of sp³-hybridized carbons (Fsp3) is 0.161. The number of azo groups is 2. The van der Waals surface area contributed by atoms with Gasteiger partial charge in [0.25, 0.3) is 0 Å². The van der Waals surface area contributed by atoms with Crippen molar-refractivity contribution in [3.8, 4) is 5.75 Å². The van der Waals surface area contributed by atoms with Gasteiger partial charge in [-0.15, -0.1) is 19.7 Å². The highest BCUT2D eigenvalue weighted by Crippen LogP contribution is 2.45. The van der Waals surface area contributed by atoms with E-state index in [1.165, 1.54) is 21.3 Å². The van der Waals surface area contributed by atoms with Crippen molar-refractivity contribution in [3.63, 3.8) is 0 Å². The molecule has 0 saturated carbocycles. The van der Waals surface area contributed by atoms with Gasteiger partial charge in [0, 0.05) is 21.8 Å². The molecule has 0 aromatic heterocycles. The van der Waals surface area contributed by atoms with E-state index in [4.69, 9.17) is 29.6 Å². The Kier molecular flexibility index (Phi) is 11.0. The van der Waals surface area contributed by atoms with Gasteiger partial charge in [0.2, 0.25) is 0 Å². The SMILES string of the molecule is COOCc1cc(COOC)cc(N=Nc2ccc(N=Nc3c(SOOOC)cc4ccc(N)cc4c3O)c3ccccc23)c1. The molecule has 5 aromatic rings. The average Bonchev–Trinajstić information content (AvgIpc) is 3.06. The summed E-state index contributed by atoms with van der Waals surface area (Å²) >= 11 is 0.812. The van der Waals surface area contributed by atoms with Crippen LogP contribution in [0.3, 0.4) is 0 Å². The Labute approximate surface area is 262 Å². The lowest BCUT2D eigenvalue weighted by molar-refractivity contribution is -0.447. The molecule has 0 aliphatic carbocycles. The Balaban J connectivity index is 1.50. The Bertz CT molecular complexity index is 1830. The number of fused-ring (bicyclic) bond motifs is 2. The van der Waals surface area contributed by atoms with E-state index < -0.39 is 0 Å². The van der Waals surface area contributed by atoms with E-state index in [1.54, 1.807) is 36.4 Å². The van der Waals surface area contributed by atoms with Crippen LogP contribution >= 0.6 is 12.0 Å². The molecule has 5 aromatic carbocycles. The molecule has 5 rings (SSSR count). The maximum Gasteiger partial charge on any atom is 0.152 e. The van der Waals surface area contributed by atoms with Crippen LogP contribution in [-0.2, 0) is 47.0 Å². The van der Waals surface area contributed by atoms with Crippen molar-refractivity contribution in [2.24, 2.45) is 20.5 Å². The smallest absolute Gasteiger partial charge is 0.152 e. The number of hydrogen-bond acceptors (Lipinski definition) is 14. The molecule has 0 fully saturated rings. The molecule has 0 atom stereocenters. The molecule has 45 heavy (non-hydrogen) atoms. The number of nitrogen functional groups attached to an aromatic ring is 1. The lowest BCUT2D eigenvalue weighted by Crippen LogP contribution is -1.95. The van der Waals surface area contributed by atoms with Crippen molar-refractivity contribution in [1.82, 2.24) is 0 Å². The molecule has 0 unspecified atom stereocenters. The van der Waals surface area contributed by atoms with Crippen LogP contribution in [0, 0.1) is 0 Å². The van der Waals surface area contributed by atoms with Gasteiger partial charge in [-0.3, -0.25) is 0 Å². The molecule has 14 heteroatoms. The third-order valence-corrected chi connectivity index (χ3v) is 7.04. The Hall–Kier alpha value is -4.51. The summed E-state index contributed by atoms with van der Waals surface area (Å²) in [4.78, 5) is 24.6. The zero-order valence-corrected chi connectivity index (χ0v) is 25.3. The van der Waals surface area contributed by atoms with Crippen molar-refractivity contribution in [1.29, 1.82) is 0 Å². The zero-order valence-electron chi connectivity index (χ0n) is 24.5. The van der Waals surface area contributed by atoms with Gasteiger partial charge in [-0.25, -0.2) is 24.4 Å². The topological polar surface area (TPSA) is 160 Å². The molecular weight excluding hydrogens is 602 g/mol. The largest absolute Gasteiger partial charge is 0.505 e. The van der Waals surface area contributed by atoms with E-state index in [2.05, 4.69) is 30.4 Å². The quantitative estimate of drug-likeness (QED) is 0.0303. The second-order valence-corrected chi connectivity index (χ2v) is 10.1. The van der Waals surface area contributed by atoms with E-state index in [1.807, 2.05) is 42.5 Å². The minimum Gasteiger partial charge on any atom is -0.505 e. The van der Waals surface area contributed by atoms with Crippen LogP contribution in [0.25, 0.3) is 21.5 Å². The van der Waals surface area contributed by atoms with Crippen molar-refractivity contribution < 1.29 is 38.9 Å². The van der Waals surface area contributed by atoms with Crippen LogP contribution in [0.5, 0.6) is 5.75 Å². The first-order valence-electron chi connectivity index (χ1n) is 13.4.